The smallest absolute Gasteiger partial charge is 0.0546 e. The SMILES string of the molecule is NCC1(CN2CCCC(CCO)C2)CCCOC1. The van der Waals surface area contributed by atoms with Gasteiger partial charge in [-0.25, -0.2) is 0 Å². The van der Waals surface area contributed by atoms with E-state index in [4.69, 9.17) is 15.6 Å². The van der Waals surface area contributed by atoms with E-state index in [9.17, 15) is 0 Å². The van der Waals surface area contributed by atoms with Crippen LogP contribution in [0, 0.1) is 11.3 Å². The topological polar surface area (TPSA) is 58.7 Å². The first kappa shape index (κ1) is 14.3. The molecule has 0 aliphatic carbocycles. The van der Waals surface area contributed by atoms with Crippen LogP contribution < -0.4 is 5.73 Å². The number of likely N-dealkylation sites (tertiary alicyclic amines) is 1. The van der Waals surface area contributed by atoms with E-state index in [1.807, 2.05) is 0 Å². The molecule has 2 rings (SSSR count). The van der Waals surface area contributed by atoms with Gasteiger partial charge in [-0.1, -0.05) is 0 Å². The molecule has 0 aromatic rings. The molecule has 4 heteroatoms. The predicted molar refractivity (Wildman–Crippen MR) is 72.4 cm³/mol. The largest absolute Gasteiger partial charge is 0.396 e. The molecule has 106 valence electrons. The molecular weight excluding hydrogens is 228 g/mol. The minimum Gasteiger partial charge on any atom is -0.396 e. The van der Waals surface area contributed by atoms with Crippen molar-refractivity contribution in [3.05, 3.63) is 0 Å². The van der Waals surface area contributed by atoms with Crippen LogP contribution in [0.1, 0.15) is 32.1 Å². The van der Waals surface area contributed by atoms with Crippen LogP contribution in [0.15, 0.2) is 0 Å². The summed E-state index contributed by atoms with van der Waals surface area (Å²) in [6, 6.07) is 0. The van der Waals surface area contributed by atoms with Crippen molar-refractivity contribution in [1.82, 2.24) is 4.90 Å². The standard InChI is InChI=1S/C14H28N2O2/c15-10-14(5-2-8-18-12-14)11-16-6-1-3-13(9-16)4-7-17/h13,17H,1-12,15H2. The summed E-state index contributed by atoms with van der Waals surface area (Å²) in [4.78, 5) is 2.55. The predicted octanol–water partition coefficient (Wildman–Crippen LogP) is 0.836. The van der Waals surface area contributed by atoms with Gasteiger partial charge in [-0.2, -0.15) is 0 Å². The quantitative estimate of drug-likeness (QED) is 0.765. The molecule has 2 aliphatic rings. The Labute approximate surface area is 110 Å². The molecule has 2 saturated heterocycles. The fraction of sp³-hybridized carbons (Fsp3) is 1.00. The molecule has 2 atom stereocenters. The number of aliphatic hydroxyl groups is 1. The Balaban J connectivity index is 1.86. The van der Waals surface area contributed by atoms with Crippen molar-refractivity contribution in [2.24, 2.45) is 17.1 Å². The Morgan fingerprint density at radius 3 is 2.94 bits per heavy atom. The molecule has 0 amide bonds. The van der Waals surface area contributed by atoms with Gasteiger partial charge < -0.3 is 20.5 Å². The van der Waals surface area contributed by atoms with Crippen LogP contribution in [-0.4, -0.2) is 56.0 Å². The van der Waals surface area contributed by atoms with Crippen LogP contribution >= 0.6 is 0 Å². The van der Waals surface area contributed by atoms with Gasteiger partial charge in [0.15, 0.2) is 0 Å². The molecule has 3 N–H and O–H groups in total. The number of aliphatic hydroxyl groups excluding tert-OH is 1. The number of hydrogen-bond acceptors (Lipinski definition) is 4. The summed E-state index contributed by atoms with van der Waals surface area (Å²) in [6.07, 6.45) is 5.81. The summed E-state index contributed by atoms with van der Waals surface area (Å²) in [5, 5.41) is 9.06. The minimum atomic E-state index is 0.180. The number of nitrogens with two attached hydrogens (primary N) is 1. The van der Waals surface area contributed by atoms with E-state index < -0.39 is 0 Å². The third-order valence-electron chi connectivity index (χ3n) is 4.54. The highest BCUT2D eigenvalue weighted by molar-refractivity contribution is 4.87. The Morgan fingerprint density at radius 1 is 1.39 bits per heavy atom. The highest BCUT2D eigenvalue weighted by Crippen LogP contribution is 2.30. The zero-order chi connectivity index (χ0) is 12.8. The zero-order valence-corrected chi connectivity index (χ0v) is 11.4. The first-order chi connectivity index (χ1) is 8.78. The van der Waals surface area contributed by atoms with Gasteiger partial charge >= 0.3 is 0 Å². The normalized spacial score (nSPS) is 34.7. The van der Waals surface area contributed by atoms with E-state index in [1.54, 1.807) is 0 Å². The van der Waals surface area contributed by atoms with Crippen molar-refractivity contribution in [2.75, 3.05) is 46.0 Å². The lowest BCUT2D eigenvalue weighted by atomic mass is 9.81. The Hall–Kier alpha value is -0.160. The van der Waals surface area contributed by atoms with Crippen molar-refractivity contribution >= 4 is 0 Å². The molecule has 0 aromatic carbocycles. The van der Waals surface area contributed by atoms with Gasteiger partial charge in [-0.15, -0.1) is 0 Å². The minimum absolute atomic E-state index is 0.180. The third-order valence-corrected chi connectivity index (χ3v) is 4.54. The van der Waals surface area contributed by atoms with Crippen LogP contribution in [0.2, 0.25) is 0 Å². The Kier molecular flexibility index (Phi) is 5.42. The summed E-state index contributed by atoms with van der Waals surface area (Å²) in [7, 11) is 0. The van der Waals surface area contributed by atoms with Crippen LogP contribution in [0.4, 0.5) is 0 Å². The van der Waals surface area contributed by atoms with Crippen LogP contribution in [0.3, 0.4) is 0 Å². The van der Waals surface area contributed by atoms with E-state index in [1.165, 1.54) is 25.8 Å². The molecule has 2 unspecified atom stereocenters. The lowest BCUT2D eigenvalue weighted by Gasteiger charge is -2.42. The number of ether oxygens (including phenoxy) is 1. The molecule has 18 heavy (non-hydrogen) atoms. The molecule has 0 spiro atoms. The first-order valence-corrected chi connectivity index (χ1v) is 7.39. The molecule has 2 heterocycles. The zero-order valence-electron chi connectivity index (χ0n) is 11.4. The van der Waals surface area contributed by atoms with Crippen molar-refractivity contribution in [2.45, 2.75) is 32.1 Å². The molecule has 0 aromatic heterocycles. The van der Waals surface area contributed by atoms with Gasteiger partial charge in [0.2, 0.25) is 0 Å². The van der Waals surface area contributed by atoms with Crippen molar-refractivity contribution in [1.29, 1.82) is 0 Å². The maximum absolute atomic E-state index is 9.06. The second-order valence-corrected chi connectivity index (χ2v) is 6.12. The molecule has 0 bridgehead atoms. The van der Waals surface area contributed by atoms with E-state index in [2.05, 4.69) is 4.90 Å². The van der Waals surface area contributed by atoms with Gasteiger partial charge in [0.05, 0.1) is 6.61 Å². The molecule has 0 saturated carbocycles. The summed E-state index contributed by atoms with van der Waals surface area (Å²) in [6.45, 7) is 6.16. The van der Waals surface area contributed by atoms with E-state index >= 15 is 0 Å². The van der Waals surface area contributed by atoms with Crippen LogP contribution in [0.5, 0.6) is 0 Å². The summed E-state index contributed by atoms with van der Waals surface area (Å²) in [5.74, 6) is 0.670. The second-order valence-electron chi connectivity index (χ2n) is 6.12. The van der Waals surface area contributed by atoms with Gasteiger partial charge in [0, 0.05) is 38.3 Å². The highest BCUT2D eigenvalue weighted by atomic mass is 16.5. The number of nitrogens with zero attached hydrogens (tertiary/aromatic N) is 1. The maximum Gasteiger partial charge on any atom is 0.0546 e. The monoisotopic (exact) mass is 256 g/mol. The molecule has 2 fully saturated rings. The molecule has 4 nitrogen and oxygen atoms in total. The van der Waals surface area contributed by atoms with Gasteiger partial charge in [0.25, 0.3) is 0 Å². The Bertz CT molecular complexity index is 240. The van der Waals surface area contributed by atoms with Gasteiger partial charge in [-0.05, 0) is 44.6 Å². The summed E-state index contributed by atoms with van der Waals surface area (Å²) in [5.41, 5.74) is 6.18. The molecular formula is C14H28N2O2. The van der Waals surface area contributed by atoms with E-state index in [0.29, 0.717) is 12.5 Å². The molecule has 2 aliphatic heterocycles. The first-order valence-electron chi connectivity index (χ1n) is 7.39. The average Bonchev–Trinajstić information content (AvgIpc) is 2.41. The average molecular weight is 256 g/mol. The van der Waals surface area contributed by atoms with Gasteiger partial charge in [0.1, 0.15) is 0 Å². The van der Waals surface area contributed by atoms with Crippen molar-refractivity contribution in [3.63, 3.8) is 0 Å². The van der Waals surface area contributed by atoms with Gasteiger partial charge in [-0.3, -0.25) is 0 Å². The fourth-order valence-corrected chi connectivity index (χ4v) is 3.45. The summed E-state index contributed by atoms with van der Waals surface area (Å²) >= 11 is 0. The second kappa shape index (κ2) is 6.85. The number of hydrogen-bond donors (Lipinski definition) is 2. The van der Waals surface area contributed by atoms with Crippen LogP contribution in [-0.2, 0) is 4.74 Å². The lowest BCUT2D eigenvalue weighted by Crippen LogP contribution is -2.50. The number of piperidine rings is 1. The third kappa shape index (κ3) is 3.67. The van der Waals surface area contributed by atoms with E-state index in [-0.39, 0.29) is 5.41 Å². The van der Waals surface area contributed by atoms with E-state index in [0.717, 1.165) is 45.7 Å². The fourth-order valence-electron chi connectivity index (χ4n) is 3.45. The van der Waals surface area contributed by atoms with Crippen LogP contribution in [0.25, 0.3) is 0 Å². The van der Waals surface area contributed by atoms with Crippen molar-refractivity contribution in [3.8, 4) is 0 Å². The summed E-state index contributed by atoms with van der Waals surface area (Å²) < 4.78 is 5.65. The lowest BCUT2D eigenvalue weighted by molar-refractivity contribution is -0.0285. The molecule has 0 radical (unpaired) electrons. The Morgan fingerprint density at radius 2 is 2.28 bits per heavy atom. The number of rotatable bonds is 5. The van der Waals surface area contributed by atoms with Crippen molar-refractivity contribution < 1.29 is 9.84 Å². The highest BCUT2D eigenvalue weighted by Gasteiger charge is 2.34. The maximum atomic E-state index is 9.06.